The molecule has 1 aromatic carbocycles. The number of rotatable bonds is 7. The second kappa shape index (κ2) is 8.52. The van der Waals surface area contributed by atoms with Crippen LogP contribution in [0.3, 0.4) is 0 Å². The number of aromatic amines is 1. The smallest absolute Gasteiger partial charge is 0.296 e. The van der Waals surface area contributed by atoms with Gasteiger partial charge < -0.3 is 4.57 Å². The Morgan fingerprint density at radius 1 is 1.15 bits per heavy atom. The van der Waals surface area contributed by atoms with Gasteiger partial charge in [-0.2, -0.15) is 13.6 Å². The topological polar surface area (TPSA) is 149 Å². The molecule has 0 saturated carbocycles. The first-order valence-corrected chi connectivity index (χ1v) is 12.6. The monoisotopic (exact) mass is 495 g/mol. The zero-order valence-corrected chi connectivity index (χ0v) is 19.9. The van der Waals surface area contributed by atoms with Crippen LogP contribution in [0.25, 0.3) is 21.3 Å². The average molecular weight is 496 g/mol. The Morgan fingerprint density at radius 3 is 2.68 bits per heavy atom. The number of anilines is 1. The summed E-state index contributed by atoms with van der Waals surface area (Å²) in [5.74, 6) is 1.48. The number of nitrogens with one attached hydrogen (secondary N) is 2. The quantitative estimate of drug-likeness (QED) is 0.316. The second-order valence-electron chi connectivity index (χ2n) is 7.68. The number of aromatic nitrogens is 7. The summed E-state index contributed by atoms with van der Waals surface area (Å²) in [6, 6.07) is 13.5. The Kier molecular flexibility index (Phi) is 5.51. The maximum absolute atomic E-state index is 11.5. The molecule has 174 valence electrons. The highest BCUT2D eigenvalue weighted by atomic mass is 32.2. The first kappa shape index (κ1) is 22.0. The van der Waals surface area contributed by atoms with Gasteiger partial charge in [-0.25, -0.2) is 10.1 Å². The number of hydrogen-bond donors (Lipinski definition) is 3. The van der Waals surface area contributed by atoms with Gasteiger partial charge in [0.05, 0.1) is 22.7 Å². The van der Waals surface area contributed by atoms with Crippen LogP contribution in [0.4, 0.5) is 5.69 Å². The molecule has 0 radical (unpaired) electrons. The number of thiophene rings is 1. The SMILES string of the molecule is Cc1cc(NS(N)(=O)=O)ccc1-n1c(Cc2nn[nH]n2)ccc1-c1ccc(-n2ccnc2C)s1. The van der Waals surface area contributed by atoms with Crippen molar-refractivity contribution >= 4 is 27.2 Å². The Morgan fingerprint density at radius 2 is 2.00 bits per heavy atom. The van der Waals surface area contributed by atoms with Crippen molar-refractivity contribution in [3.63, 3.8) is 0 Å². The standard InChI is InChI=1S/C21H21N9O2S2/c1-13-11-15(26-34(22,31)32)3-5-17(13)30-16(12-20-24-27-28-25-20)4-6-18(30)19-7-8-21(33-19)29-10-9-23-14(29)2/h3-11,26H,12H2,1-2H3,(H2,22,31,32)(H,24,25,27,28). The summed E-state index contributed by atoms with van der Waals surface area (Å²) >= 11 is 1.65. The predicted octanol–water partition coefficient (Wildman–Crippen LogP) is 2.73. The summed E-state index contributed by atoms with van der Waals surface area (Å²) in [6.07, 6.45) is 4.18. The van der Waals surface area contributed by atoms with E-state index >= 15 is 0 Å². The number of nitrogens with two attached hydrogens (primary N) is 1. The van der Waals surface area contributed by atoms with Crippen molar-refractivity contribution in [2.24, 2.45) is 5.14 Å². The summed E-state index contributed by atoms with van der Waals surface area (Å²) in [6.45, 7) is 3.88. The maximum Gasteiger partial charge on any atom is 0.296 e. The molecule has 34 heavy (non-hydrogen) atoms. The minimum Gasteiger partial charge on any atom is -0.312 e. The Hall–Kier alpha value is -3.81. The molecule has 5 rings (SSSR count). The van der Waals surface area contributed by atoms with Crippen molar-refractivity contribution < 1.29 is 8.42 Å². The molecule has 0 amide bonds. The molecule has 0 unspecified atom stereocenters. The minimum absolute atomic E-state index is 0.395. The molecule has 11 nitrogen and oxygen atoms in total. The van der Waals surface area contributed by atoms with Crippen LogP contribution in [-0.2, 0) is 16.6 Å². The number of H-pyrrole nitrogens is 1. The van der Waals surface area contributed by atoms with Crippen molar-refractivity contribution in [3.8, 4) is 21.3 Å². The van der Waals surface area contributed by atoms with E-state index < -0.39 is 10.2 Å². The fourth-order valence-corrected chi connectivity index (χ4v) is 5.36. The van der Waals surface area contributed by atoms with Gasteiger partial charge >= 0.3 is 0 Å². The molecule has 0 aliphatic rings. The summed E-state index contributed by atoms with van der Waals surface area (Å²) < 4.78 is 29.4. The number of benzene rings is 1. The van der Waals surface area contributed by atoms with Gasteiger partial charge in [0.2, 0.25) is 0 Å². The number of nitrogens with zero attached hydrogens (tertiary/aromatic N) is 6. The zero-order chi connectivity index (χ0) is 23.9. The lowest BCUT2D eigenvalue weighted by Crippen LogP contribution is -2.21. The highest BCUT2D eigenvalue weighted by molar-refractivity contribution is 7.90. The van der Waals surface area contributed by atoms with E-state index in [1.165, 1.54) is 0 Å². The van der Waals surface area contributed by atoms with Crippen LogP contribution < -0.4 is 9.86 Å². The van der Waals surface area contributed by atoms with Crippen molar-refractivity contribution in [1.82, 2.24) is 34.7 Å². The zero-order valence-electron chi connectivity index (χ0n) is 18.3. The van der Waals surface area contributed by atoms with E-state index in [9.17, 15) is 8.42 Å². The first-order valence-electron chi connectivity index (χ1n) is 10.2. The molecule has 0 saturated heterocycles. The summed E-state index contributed by atoms with van der Waals surface area (Å²) in [4.78, 5) is 5.38. The highest BCUT2D eigenvalue weighted by Gasteiger charge is 2.18. The molecule has 0 aliphatic heterocycles. The van der Waals surface area contributed by atoms with E-state index in [0.29, 0.717) is 17.9 Å². The van der Waals surface area contributed by atoms with Gasteiger partial charge in [0, 0.05) is 23.8 Å². The first-order chi connectivity index (χ1) is 16.3. The second-order valence-corrected chi connectivity index (χ2v) is 10.0. The lowest BCUT2D eigenvalue weighted by atomic mass is 10.1. The van der Waals surface area contributed by atoms with E-state index in [4.69, 9.17) is 5.14 Å². The summed E-state index contributed by atoms with van der Waals surface area (Å²) in [5.41, 5.74) is 4.10. The largest absolute Gasteiger partial charge is 0.312 e. The average Bonchev–Trinajstić information content (AvgIpc) is 3.54. The third kappa shape index (κ3) is 4.35. The van der Waals surface area contributed by atoms with Gasteiger partial charge in [0.1, 0.15) is 10.8 Å². The normalized spacial score (nSPS) is 11.7. The van der Waals surface area contributed by atoms with Crippen LogP contribution in [0.1, 0.15) is 22.9 Å². The molecule has 0 atom stereocenters. The lowest BCUT2D eigenvalue weighted by Gasteiger charge is -2.16. The molecule has 4 N–H and O–H groups in total. The molecule has 0 fully saturated rings. The van der Waals surface area contributed by atoms with Crippen molar-refractivity contribution in [1.29, 1.82) is 0 Å². The van der Waals surface area contributed by atoms with Crippen LogP contribution in [0.15, 0.2) is 54.9 Å². The van der Waals surface area contributed by atoms with Crippen molar-refractivity contribution in [2.75, 3.05) is 4.72 Å². The minimum atomic E-state index is -3.87. The van der Waals surface area contributed by atoms with Gasteiger partial charge in [0.15, 0.2) is 5.82 Å². The highest BCUT2D eigenvalue weighted by Crippen LogP contribution is 2.35. The van der Waals surface area contributed by atoms with Crippen LogP contribution in [-0.4, -0.2) is 43.2 Å². The predicted molar refractivity (Wildman–Crippen MR) is 129 cm³/mol. The van der Waals surface area contributed by atoms with Gasteiger partial charge in [0.25, 0.3) is 10.2 Å². The number of aryl methyl sites for hydroxylation is 2. The van der Waals surface area contributed by atoms with Crippen LogP contribution in [0, 0.1) is 13.8 Å². The molecule has 4 heterocycles. The van der Waals surface area contributed by atoms with Gasteiger partial charge in [-0.05, 0) is 61.9 Å². The van der Waals surface area contributed by atoms with Gasteiger partial charge in [-0.3, -0.25) is 9.29 Å². The number of tetrazole rings is 1. The molecular formula is C21H21N9O2S2. The number of imidazole rings is 1. The maximum atomic E-state index is 11.5. The third-order valence-electron chi connectivity index (χ3n) is 5.30. The van der Waals surface area contributed by atoms with Crippen LogP contribution in [0.5, 0.6) is 0 Å². The lowest BCUT2D eigenvalue weighted by molar-refractivity contribution is 0.603. The van der Waals surface area contributed by atoms with E-state index in [1.54, 1.807) is 29.7 Å². The molecule has 0 aliphatic carbocycles. The molecule has 4 aromatic heterocycles. The van der Waals surface area contributed by atoms with Crippen LogP contribution >= 0.6 is 11.3 Å². The fraction of sp³-hybridized carbons (Fsp3) is 0.143. The Bertz CT molecular complexity index is 1560. The Balaban J connectivity index is 1.61. The van der Waals surface area contributed by atoms with E-state index in [-0.39, 0.29) is 0 Å². The third-order valence-corrected chi connectivity index (χ3v) is 6.92. The molecule has 13 heteroatoms. The summed E-state index contributed by atoms with van der Waals surface area (Å²) in [7, 11) is -3.87. The molecule has 0 spiro atoms. The van der Waals surface area contributed by atoms with Crippen molar-refractivity contribution in [2.45, 2.75) is 20.3 Å². The van der Waals surface area contributed by atoms with E-state index in [2.05, 4.69) is 53.1 Å². The molecule has 0 bridgehead atoms. The number of hydrogen-bond acceptors (Lipinski definition) is 7. The molecular weight excluding hydrogens is 474 g/mol. The summed E-state index contributed by atoms with van der Waals surface area (Å²) in [5, 5.41) is 20.5. The van der Waals surface area contributed by atoms with Gasteiger partial charge in [-0.15, -0.1) is 21.5 Å². The molecule has 5 aromatic rings. The fourth-order valence-electron chi connectivity index (χ4n) is 3.85. The van der Waals surface area contributed by atoms with E-state index in [1.807, 2.05) is 36.7 Å². The van der Waals surface area contributed by atoms with Crippen LogP contribution in [0.2, 0.25) is 0 Å². The van der Waals surface area contributed by atoms with Crippen molar-refractivity contribution in [3.05, 3.63) is 77.8 Å². The van der Waals surface area contributed by atoms with Gasteiger partial charge in [-0.1, -0.05) is 5.21 Å². The Labute approximate surface area is 199 Å². The van der Waals surface area contributed by atoms with E-state index in [0.717, 1.165) is 38.3 Å².